The number of rotatable bonds is 6. The number of hydrogen-bond acceptors (Lipinski definition) is 3. The van der Waals surface area contributed by atoms with Crippen LogP contribution in [0.25, 0.3) is 0 Å². The Hall–Kier alpha value is -3.15. The molecule has 0 spiro atoms. The summed E-state index contributed by atoms with van der Waals surface area (Å²) in [6, 6.07) is 10.6. The smallest absolute Gasteiger partial charge is 0.330 e. The van der Waals surface area contributed by atoms with Crippen molar-refractivity contribution in [3.63, 3.8) is 0 Å². The molecule has 140 valence electrons. The summed E-state index contributed by atoms with van der Waals surface area (Å²) in [7, 11) is 0. The lowest BCUT2D eigenvalue weighted by atomic mass is 10.0. The van der Waals surface area contributed by atoms with Crippen LogP contribution in [-0.2, 0) is 9.59 Å². The molecule has 6 nitrogen and oxygen atoms in total. The van der Waals surface area contributed by atoms with Gasteiger partial charge in [-0.15, -0.1) is 0 Å². The lowest BCUT2D eigenvalue weighted by Gasteiger charge is -2.16. The molecule has 0 aliphatic heterocycles. The molecule has 1 unspecified atom stereocenters. The minimum absolute atomic E-state index is 0.0499. The second-order valence-electron chi connectivity index (χ2n) is 6.93. The number of carboxylic acid groups (broad SMARTS) is 1. The van der Waals surface area contributed by atoms with E-state index in [4.69, 9.17) is 0 Å². The third-order valence-corrected chi connectivity index (χ3v) is 4.73. The molecule has 1 atom stereocenters. The fourth-order valence-electron chi connectivity index (χ4n) is 2.77. The normalized spacial score (nSPS) is 14.3. The highest BCUT2D eigenvalue weighted by Gasteiger charge is 2.29. The van der Waals surface area contributed by atoms with Gasteiger partial charge in [-0.1, -0.05) is 24.3 Å². The Bertz CT molecular complexity index is 903. The third kappa shape index (κ3) is 4.53. The Kier molecular flexibility index (Phi) is 5.26. The molecule has 1 fully saturated rings. The van der Waals surface area contributed by atoms with Crippen molar-refractivity contribution in [3.8, 4) is 0 Å². The molecule has 2 amide bonds. The van der Waals surface area contributed by atoms with Crippen LogP contribution < -0.4 is 10.6 Å². The number of aliphatic carboxylic acids is 1. The first-order chi connectivity index (χ1) is 12.8. The zero-order valence-corrected chi connectivity index (χ0v) is 15.3. The molecular formula is C21H22N2O4. The summed E-state index contributed by atoms with van der Waals surface area (Å²) in [5, 5.41) is 14.9. The second-order valence-corrected chi connectivity index (χ2v) is 6.93. The molecule has 2 aromatic carbocycles. The summed E-state index contributed by atoms with van der Waals surface area (Å²) in [6.07, 6.45) is 1.78. The van der Waals surface area contributed by atoms with Crippen LogP contribution in [0.15, 0.2) is 42.5 Å². The van der Waals surface area contributed by atoms with Crippen molar-refractivity contribution in [2.24, 2.45) is 5.92 Å². The van der Waals surface area contributed by atoms with Gasteiger partial charge in [-0.3, -0.25) is 9.59 Å². The molecule has 0 heterocycles. The largest absolute Gasteiger partial charge is 0.479 e. The Morgan fingerprint density at radius 2 is 1.78 bits per heavy atom. The number of amides is 2. The van der Waals surface area contributed by atoms with Gasteiger partial charge >= 0.3 is 5.97 Å². The van der Waals surface area contributed by atoms with Gasteiger partial charge in [0.05, 0.1) is 0 Å². The van der Waals surface area contributed by atoms with E-state index in [0.29, 0.717) is 16.8 Å². The van der Waals surface area contributed by atoms with Crippen molar-refractivity contribution in [1.29, 1.82) is 0 Å². The monoisotopic (exact) mass is 366 g/mol. The minimum atomic E-state index is -1.15. The topological polar surface area (TPSA) is 95.5 Å². The molecule has 2 aromatic rings. The zero-order valence-electron chi connectivity index (χ0n) is 15.3. The first-order valence-corrected chi connectivity index (χ1v) is 8.87. The summed E-state index contributed by atoms with van der Waals surface area (Å²) in [5.41, 5.74) is 3.33. The van der Waals surface area contributed by atoms with Gasteiger partial charge in [0.15, 0.2) is 6.04 Å². The number of carbonyl (C=O) groups is 3. The highest BCUT2D eigenvalue weighted by Crippen LogP contribution is 2.30. The van der Waals surface area contributed by atoms with E-state index in [-0.39, 0.29) is 11.8 Å². The van der Waals surface area contributed by atoms with E-state index in [1.54, 1.807) is 36.4 Å². The van der Waals surface area contributed by atoms with Crippen molar-refractivity contribution in [2.45, 2.75) is 32.7 Å². The maximum absolute atomic E-state index is 12.6. The number of nitrogens with one attached hydrogen (secondary N) is 2. The van der Waals surface area contributed by atoms with Gasteiger partial charge in [0.1, 0.15) is 0 Å². The number of carboxylic acids is 1. The molecule has 0 saturated heterocycles. The van der Waals surface area contributed by atoms with E-state index in [2.05, 4.69) is 10.6 Å². The standard InChI is InChI=1S/C21H22N2O4/c1-12-6-7-15(10-13(12)2)18(21(26)27)23-20(25)16-4-3-5-17(11-16)22-19(24)14-8-9-14/h3-7,10-11,14,18H,8-9H2,1-2H3,(H,22,24)(H,23,25)(H,26,27). The molecule has 0 radical (unpaired) electrons. The van der Waals surface area contributed by atoms with E-state index in [9.17, 15) is 19.5 Å². The van der Waals surface area contributed by atoms with Crippen LogP contribution in [-0.4, -0.2) is 22.9 Å². The van der Waals surface area contributed by atoms with Crippen LogP contribution in [0.4, 0.5) is 5.69 Å². The second kappa shape index (κ2) is 7.61. The van der Waals surface area contributed by atoms with Gasteiger partial charge in [0.2, 0.25) is 5.91 Å². The molecule has 27 heavy (non-hydrogen) atoms. The molecular weight excluding hydrogens is 344 g/mol. The van der Waals surface area contributed by atoms with Crippen molar-refractivity contribution >= 4 is 23.5 Å². The van der Waals surface area contributed by atoms with Crippen LogP contribution >= 0.6 is 0 Å². The van der Waals surface area contributed by atoms with E-state index in [1.807, 2.05) is 19.9 Å². The van der Waals surface area contributed by atoms with Crippen LogP contribution in [0.5, 0.6) is 0 Å². The average Bonchev–Trinajstić information content (AvgIpc) is 3.47. The summed E-state index contributed by atoms with van der Waals surface area (Å²) in [5.74, 6) is -1.64. The maximum Gasteiger partial charge on any atom is 0.330 e. The molecule has 3 rings (SSSR count). The number of carbonyl (C=O) groups excluding carboxylic acids is 2. The lowest BCUT2D eigenvalue weighted by Crippen LogP contribution is -2.33. The summed E-state index contributed by atoms with van der Waals surface area (Å²) >= 11 is 0. The Balaban J connectivity index is 1.76. The molecule has 0 aromatic heterocycles. The summed E-state index contributed by atoms with van der Waals surface area (Å²) in [6.45, 7) is 3.83. The van der Waals surface area contributed by atoms with Crippen molar-refractivity contribution in [3.05, 3.63) is 64.7 Å². The van der Waals surface area contributed by atoms with Crippen LogP contribution in [0, 0.1) is 19.8 Å². The first-order valence-electron chi connectivity index (χ1n) is 8.87. The van der Waals surface area contributed by atoms with Gasteiger partial charge in [-0.05, 0) is 61.6 Å². The number of benzene rings is 2. The highest BCUT2D eigenvalue weighted by molar-refractivity contribution is 5.99. The molecule has 6 heteroatoms. The quantitative estimate of drug-likeness (QED) is 0.731. The van der Waals surface area contributed by atoms with Gasteiger partial charge in [0.25, 0.3) is 5.91 Å². The predicted molar refractivity (Wildman–Crippen MR) is 102 cm³/mol. The molecule has 3 N–H and O–H groups in total. The van der Waals surface area contributed by atoms with Gasteiger partial charge < -0.3 is 15.7 Å². The third-order valence-electron chi connectivity index (χ3n) is 4.73. The molecule has 1 aliphatic rings. The minimum Gasteiger partial charge on any atom is -0.479 e. The van der Waals surface area contributed by atoms with Crippen LogP contribution in [0.2, 0.25) is 0 Å². The number of aryl methyl sites for hydroxylation is 2. The van der Waals surface area contributed by atoms with E-state index < -0.39 is 17.9 Å². The number of hydrogen-bond donors (Lipinski definition) is 3. The van der Waals surface area contributed by atoms with Crippen molar-refractivity contribution < 1.29 is 19.5 Å². The van der Waals surface area contributed by atoms with E-state index in [0.717, 1.165) is 24.0 Å². The Labute approximate surface area is 157 Å². The molecule has 1 aliphatic carbocycles. The SMILES string of the molecule is Cc1ccc(C(NC(=O)c2cccc(NC(=O)C3CC3)c2)C(=O)O)cc1C. The molecule has 1 saturated carbocycles. The van der Waals surface area contributed by atoms with Gasteiger partial charge in [-0.25, -0.2) is 4.79 Å². The summed E-state index contributed by atoms with van der Waals surface area (Å²) < 4.78 is 0. The fraction of sp³-hybridized carbons (Fsp3) is 0.286. The molecule has 0 bridgehead atoms. The van der Waals surface area contributed by atoms with Gasteiger partial charge in [0, 0.05) is 17.2 Å². The van der Waals surface area contributed by atoms with Crippen LogP contribution in [0.3, 0.4) is 0 Å². The van der Waals surface area contributed by atoms with Crippen LogP contribution in [0.1, 0.15) is 45.9 Å². The van der Waals surface area contributed by atoms with E-state index >= 15 is 0 Å². The maximum atomic E-state index is 12.6. The highest BCUT2D eigenvalue weighted by atomic mass is 16.4. The van der Waals surface area contributed by atoms with Crippen molar-refractivity contribution in [2.75, 3.05) is 5.32 Å². The average molecular weight is 366 g/mol. The van der Waals surface area contributed by atoms with Crippen molar-refractivity contribution in [1.82, 2.24) is 5.32 Å². The lowest BCUT2D eigenvalue weighted by molar-refractivity contribution is -0.139. The predicted octanol–water partition coefficient (Wildman–Crippen LogP) is 3.21. The Morgan fingerprint density at radius 3 is 2.41 bits per heavy atom. The first kappa shape index (κ1) is 18.6. The van der Waals surface area contributed by atoms with Gasteiger partial charge in [-0.2, -0.15) is 0 Å². The Morgan fingerprint density at radius 1 is 1.04 bits per heavy atom. The number of anilines is 1. The summed E-state index contributed by atoms with van der Waals surface area (Å²) in [4.78, 5) is 36.1. The van der Waals surface area contributed by atoms with E-state index in [1.165, 1.54) is 0 Å². The fourth-order valence-corrected chi connectivity index (χ4v) is 2.77. The zero-order chi connectivity index (χ0) is 19.6.